The van der Waals surface area contributed by atoms with E-state index in [0.717, 1.165) is 55.6 Å². The quantitative estimate of drug-likeness (QED) is 0.544. The Labute approximate surface area is 144 Å². The molecule has 0 aliphatic rings. The number of rotatable bonds is 2. The lowest BCUT2D eigenvalue weighted by Gasteiger charge is -2.06. The van der Waals surface area contributed by atoms with Crippen LogP contribution >= 0.6 is 11.3 Å². The van der Waals surface area contributed by atoms with Crippen LogP contribution in [-0.2, 0) is 0 Å². The minimum Gasteiger partial charge on any atom is -0.361 e. The molecule has 3 heterocycles. The number of benzene rings is 1. The first-order chi connectivity index (χ1) is 11.0. The molecular weight excluding hydrogens is 320 g/mol. The van der Waals surface area contributed by atoms with E-state index < -0.39 is 0 Å². The minimum absolute atomic E-state index is 0. The maximum absolute atomic E-state index is 5.34. The zero-order chi connectivity index (χ0) is 16.1. The number of hydrogen-bond acceptors (Lipinski definition) is 5. The van der Waals surface area contributed by atoms with Crippen LogP contribution in [0.3, 0.4) is 0 Å². The molecule has 1 aromatic carbocycles. The zero-order valence-electron chi connectivity index (χ0n) is 13.4. The first kappa shape index (κ1) is 16.4. The molecule has 0 aliphatic heterocycles. The zero-order valence-corrected chi connectivity index (χ0v) is 14.2. The van der Waals surface area contributed by atoms with Crippen LogP contribution in [0.25, 0.3) is 32.6 Å². The Balaban J connectivity index is 0.00000169. The summed E-state index contributed by atoms with van der Waals surface area (Å²) in [6.45, 7) is 7.90. The first-order valence-corrected chi connectivity index (χ1v) is 8.26. The van der Waals surface area contributed by atoms with Gasteiger partial charge in [-0.25, -0.2) is 9.97 Å². The SMILES string of the molecule is C.Cc1nc2c(-c3scnc3C)cc(-c3c(C)noc3C)cc2[nH]1. The van der Waals surface area contributed by atoms with Gasteiger partial charge < -0.3 is 9.51 Å². The van der Waals surface area contributed by atoms with Crippen molar-refractivity contribution < 1.29 is 4.52 Å². The summed E-state index contributed by atoms with van der Waals surface area (Å²) in [4.78, 5) is 13.5. The number of fused-ring (bicyclic) bond motifs is 1. The molecule has 0 saturated heterocycles. The molecule has 0 amide bonds. The van der Waals surface area contributed by atoms with Crippen LogP contribution in [-0.4, -0.2) is 20.1 Å². The van der Waals surface area contributed by atoms with E-state index >= 15 is 0 Å². The van der Waals surface area contributed by atoms with Crippen LogP contribution in [0.5, 0.6) is 0 Å². The molecule has 0 aliphatic carbocycles. The van der Waals surface area contributed by atoms with Crippen molar-refractivity contribution in [3.63, 3.8) is 0 Å². The Kier molecular flexibility index (Phi) is 4.01. The minimum atomic E-state index is 0. The molecule has 3 aromatic heterocycles. The number of aromatic amines is 1. The largest absolute Gasteiger partial charge is 0.361 e. The smallest absolute Gasteiger partial charge is 0.141 e. The van der Waals surface area contributed by atoms with Crippen molar-refractivity contribution in [2.45, 2.75) is 35.1 Å². The molecule has 5 nitrogen and oxygen atoms in total. The van der Waals surface area contributed by atoms with Gasteiger partial charge >= 0.3 is 0 Å². The van der Waals surface area contributed by atoms with Crippen molar-refractivity contribution in [3.05, 3.63) is 40.6 Å². The molecule has 0 fully saturated rings. The average Bonchev–Trinajstić information content (AvgIpc) is 3.17. The topological polar surface area (TPSA) is 67.6 Å². The molecule has 1 N–H and O–H groups in total. The molecule has 124 valence electrons. The molecule has 0 bridgehead atoms. The number of thiazole rings is 1. The van der Waals surface area contributed by atoms with Crippen LogP contribution in [0.15, 0.2) is 22.2 Å². The van der Waals surface area contributed by atoms with Gasteiger partial charge in [0.25, 0.3) is 0 Å². The summed E-state index contributed by atoms with van der Waals surface area (Å²) in [5.74, 6) is 1.73. The number of nitrogens with zero attached hydrogens (tertiary/aromatic N) is 3. The Bertz CT molecular complexity index is 1010. The van der Waals surface area contributed by atoms with Gasteiger partial charge in [0.05, 0.1) is 32.8 Å². The lowest BCUT2D eigenvalue weighted by atomic mass is 9.99. The van der Waals surface area contributed by atoms with Crippen molar-refractivity contribution >= 4 is 22.4 Å². The third-order valence-electron chi connectivity index (χ3n) is 4.02. The predicted octanol–water partition coefficient (Wildman–Crippen LogP) is 5.21. The molecule has 0 saturated carbocycles. The second-order valence-corrected chi connectivity index (χ2v) is 6.56. The van der Waals surface area contributed by atoms with Gasteiger partial charge in [0.15, 0.2) is 0 Å². The summed E-state index contributed by atoms with van der Waals surface area (Å²) in [6, 6.07) is 4.28. The van der Waals surface area contributed by atoms with Gasteiger partial charge in [0, 0.05) is 11.1 Å². The molecule has 0 spiro atoms. The van der Waals surface area contributed by atoms with Crippen molar-refractivity contribution in [2.75, 3.05) is 0 Å². The van der Waals surface area contributed by atoms with Gasteiger partial charge in [-0.3, -0.25) is 0 Å². The predicted molar refractivity (Wildman–Crippen MR) is 98.4 cm³/mol. The fraction of sp³-hybridized carbons (Fsp3) is 0.278. The number of nitrogens with one attached hydrogen (secondary N) is 1. The third-order valence-corrected chi connectivity index (χ3v) is 4.98. The van der Waals surface area contributed by atoms with Crippen LogP contribution < -0.4 is 0 Å². The molecule has 24 heavy (non-hydrogen) atoms. The lowest BCUT2D eigenvalue weighted by Crippen LogP contribution is -1.87. The summed E-state index contributed by atoms with van der Waals surface area (Å²) in [5, 5.41) is 4.08. The molecule has 0 unspecified atom stereocenters. The number of hydrogen-bond donors (Lipinski definition) is 1. The summed E-state index contributed by atoms with van der Waals surface area (Å²) in [7, 11) is 0. The Morgan fingerprint density at radius 3 is 2.50 bits per heavy atom. The van der Waals surface area contributed by atoms with Crippen molar-refractivity contribution in [1.29, 1.82) is 0 Å². The standard InChI is InChI=1S/C17H16N4OS.CH4/c1-8-15(10(3)22-21-8)12-5-13(17-9(2)18-7-23-17)16-14(6-12)19-11(4)20-16;/h5-7H,1-4H3,(H,19,20);1H4. The van der Waals surface area contributed by atoms with E-state index in [1.54, 1.807) is 11.3 Å². The highest BCUT2D eigenvalue weighted by Gasteiger charge is 2.18. The normalized spacial score (nSPS) is 11.0. The molecule has 0 radical (unpaired) electrons. The van der Waals surface area contributed by atoms with Crippen molar-refractivity contribution in [2.24, 2.45) is 0 Å². The van der Waals surface area contributed by atoms with Gasteiger partial charge in [0.2, 0.25) is 0 Å². The first-order valence-electron chi connectivity index (χ1n) is 7.38. The van der Waals surface area contributed by atoms with Crippen LogP contribution in [0.1, 0.15) is 30.4 Å². The fourth-order valence-corrected chi connectivity index (χ4v) is 3.84. The summed E-state index contributed by atoms with van der Waals surface area (Å²) in [6.07, 6.45) is 0. The van der Waals surface area contributed by atoms with Crippen LogP contribution in [0.4, 0.5) is 0 Å². The molecule has 4 rings (SSSR count). The van der Waals surface area contributed by atoms with Crippen molar-refractivity contribution in [3.8, 4) is 21.6 Å². The Morgan fingerprint density at radius 1 is 1.08 bits per heavy atom. The second kappa shape index (κ2) is 5.87. The lowest BCUT2D eigenvalue weighted by molar-refractivity contribution is 0.393. The van der Waals surface area contributed by atoms with E-state index in [9.17, 15) is 0 Å². The van der Waals surface area contributed by atoms with Gasteiger partial charge in [0.1, 0.15) is 11.6 Å². The number of H-pyrrole nitrogens is 1. The molecule has 4 aromatic rings. The number of aromatic nitrogens is 4. The third kappa shape index (κ3) is 2.43. The monoisotopic (exact) mass is 340 g/mol. The van der Waals surface area contributed by atoms with Gasteiger partial charge in [-0.05, 0) is 45.4 Å². The molecule has 6 heteroatoms. The highest BCUT2D eigenvalue weighted by atomic mass is 32.1. The second-order valence-electron chi connectivity index (χ2n) is 5.71. The van der Waals surface area contributed by atoms with E-state index in [-0.39, 0.29) is 7.43 Å². The van der Waals surface area contributed by atoms with E-state index in [4.69, 9.17) is 4.52 Å². The number of imidazole rings is 1. The summed E-state index contributed by atoms with van der Waals surface area (Å²) >= 11 is 1.64. The highest BCUT2D eigenvalue weighted by molar-refractivity contribution is 7.13. The maximum atomic E-state index is 5.34. The van der Waals surface area contributed by atoms with Gasteiger partial charge in [-0.2, -0.15) is 0 Å². The molecular formula is C18H20N4OS. The van der Waals surface area contributed by atoms with E-state index in [2.05, 4.69) is 32.2 Å². The Hall–Kier alpha value is -2.47. The van der Waals surface area contributed by atoms with E-state index in [1.165, 1.54) is 0 Å². The van der Waals surface area contributed by atoms with E-state index in [0.29, 0.717) is 0 Å². The summed E-state index contributed by atoms with van der Waals surface area (Å²) < 4.78 is 5.34. The fourth-order valence-electron chi connectivity index (χ4n) is 3.01. The Morgan fingerprint density at radius 2 is 1.88 bits per heavy atom. The summed E-state index contributed by atoms with van der Waals surface area (Å²) in [5.41, 5.74) is 9.01. The molecule has 0 atom stereocenters. The number of aryl methyl sites for hydroxylation is 4. The van der Waals surface area contributed by atoms with Gasteiger partial charge in [-0.1, -0.05) is 12.6 Å². The van der Waals surface area contributed by atoms with Gasteiger partial charge in [-0.15, -0.1) is 11.3 Å². The average molecular weight is 340 g/mol. The maximum Gasteiger partial charge on any atom is 0.141 e. The highest BCUT2D eigenvalue weighted by Crippen LogP contribution is 2.38. The van der Waals surface area contributed by atoms with E-state index in [1.807, 2.05) is 33.2 Å². The van der Waals surface area contributed by atoms with Crippen molar-refractivity contribution in [1.82, 2.24) is 20.1 Å². The van der Waals surface area contributed by atoms with Crippen LogP contribution in [0.2, 0.25) is 0 Å². The van der Waals surface area contributed by atoms with Crippen LogP contribution in [0, 0.1) is 27.7 Å².